The third kappa shape index (κ3) is 3.89. The fourth-order valence-electron chi connectivity index (χ4n) is 0.918. The van der Waals surface area contributed by atoms with Crippen molar-refractivity contribution in [1.29, 1.82) is 0 Å². The second-order valence-corrected chi connectivity index (χ2v) is 5.12. The first-order valence-electron chi connectivity index (χ1n) is 4.61. The second-order valence-electron chi connectivity index (χ2n) is 3.38. The average molecular weight is 284 g/mol. The van der Waals surface area contributed by atoms with Crippen LogP contribution in [0.2, 0.25) is 5.02 Å². The number of thioether (sulfide) groups is 1. The number of hydrogen-bond acceptors (Lipinski definition) is 3. The van der Waals surface area contributed by atoms with E-state index in [0.29, 0.717) is 6.20 Å². The molecule has 17 heavy (non-hydrogen) atoms. The van der Waals surface area contributed by atoms with Crippen LogP contribution in [-0.2, 0) is 11.0 Å². The van der Waals surface area contributed by atoms with Crippen LogP contribution in [0, 0.1) is 0 Å². The first-order valence-corrected chi connectivity index (χ1v) is 5.87. The van der Waals surface area contributed by atoms with E-state index in [1.165, 1.54) is 6.92 Å². The van der Waals surface area contributed by atoms with Gasteiger partial charge in [-0.1, -0.05) is 23.4 Å². The highest BCUT2D eigenvalue weighted by atomic mass is 35.5. The molecule has 0 spiro atoms. The van der Waals surface area contributed by atoms with Gasteiger partial charge in [0, 0.05) is 6.20 Å². The van der Waals surface area contributed by atoms with Gasteiger partial charge < -0.3 is 0 Å². The standard InChI is InChI=1S/C10H9ClF3NOS/c1-5(16)6(2)17-9-8(11)3-7(4-15-9)10(12,13)14/h3-4,6H,1-2H3. The van der Waals surface area contributed by atoms with Gasteiger partial charge in [-0.15, -0.1) is 0 Å². The van der Waals surface area contributed by atoms with E-state index in [9.17, 15) is 18.0 Å². The van der Waals surface area contributed by atoms with Gasteiger partial charge in [-0.25, -0.2) is 4.98 Å². The number of halogens is 4. The van der Waals surface area contributed by atoms with Crippen LogP contribution in [0.5, 0.6) is 0 Å². The van der Waals surface area contributed by atoms with Gasteiger partial charge in [-0.3, -0.25) is 4.79 Å². The summed E-state index contributed by atoms with van der Waals surface area (Å²) in [6.45, 7) is 3.04. The Balaban J connectivity index is 2.95. The minimum atomic E-state index is -4.47. The van der Waals surface area contributed by atoms with Crippen molar-refractivity contribution in [3.05, 3.63) is 22.8 Å². The normalized spacial score (nSPS) is 13.5. The smallest absolute Gasteiger partial charge is 0.299 e. The van der Waals surface area contributed by atoms with Crippen LogP contribution < -0.4 is 0 Å². The minimum Gasteiger partial charge on any atom is -0.299 e. The Morgan fingerprint density at radius 3 is 2.53 bits per heavy atom. The number of rotatable bonds is 3. The van der Waals surface area contributed by atoms with Gasteiger partial charge >= 0.3 is 6.18 Å². The third-order valence-electron chi connectivity index (χ3n) is 2.00. The predicted octanol–water partition coefficient (Wildman–Crippen LogP) is 3.82. The van der Waals surface area contributed by atoms with E-state index < -0.39 is 17.0 Å². The van der Waals surface area contributed by atoms with E-state index in [4.69, 9.17) is 11.6 Å². The Kier molecular flexibility index (Phi) is 4.43. The summed E-state index contributed by atoms with van der Waals surface area (Å²) < 4.78 is 37.0. The summed E-state index contributed by atoms with van der Waals surface area (Å²) in [5, 5.41) is -0.267. The number of carbonyl (C=O) groups excluding carboxylic acids is 1. The third-order valence-corrected chi connectivity index (χ3v) is 3.63. The highest BCUT2D eigenvalue weighted by Gasteiger charge is 2.31. The molecule has 0 saturated carbocycles. The molecule has 1 atom stereocenters. The lowest BCUT2D eigenvalue weighted by molar-refractivity contribution is -0.137. The van der Waals surface area contributed by atoms with E-state index >= 15 is 0 Å². The first kappa shape index (κ1) is 14.3. The summed E-state index contributed by atoms with van der Waals surface area (Å²) >= 11 is 6.73. The van der Waals surface area contributed by atoms with E-state index in [-0.39, 0.29) is 15.8 Å². The maximum absolute atomic E-state index is 12.3. The Labute approximate surface area is 106 Å². The molecule has 2 nitrogen and oxygen atoms in total. The average Bonchev–Trinajstić information content (AvgIpc) is 2.19. The second kappa shape index (κ2) is 5.27. The van der Waals surface area contributed by atoms with Gasteiger partial charge in [0.25, 0.3) is 0 Å². The highest BCUT2D eigenvalue weighted by molar-refractivity contribution is 8.00. The lowest BCUT2D eigenvalue weighted by atomic mass is 10.3. The topological polar surface area (TPSA) is 30.0 Å². The summed E-state index contributed by atoms with van der Waals surface area (Å²) in [6, 6.07) is 0.809. The van der Waals surface area contributed by atoms with Crippen LogP contribution in [0.4, 0.5) is 13.2 Å². The largest absolute Gasteiger partial charge is 0.417 e. The molecule has 1 aromatic heterocycles. The molecule has 0 radical (unpaired) electrons. The zero-order chi connectivity index (χ0) is 13.2. The maximum Gasteiger partial charge on any atom is 0.417 e. The highest BCUT2D eigenvalue weighted by Crippen LogP contribution is 2.34. The van der Waals surface area contributed by atoms with Crippen molar-refractivity contribution in [1.82, 2.24) is 4.98 Å². The minimum absolute atomic E-state index is 0.0900. The van der Waals surface area contributed by atoms with E-state index in [1.807, 2.05) is 0 Å². The SMILES string of the molecule is CC(=O)C(C)Sc1ncc(C(F)(F)F)cc1Cl. The van der Waals surface area contributed by atoms with Gasteiger partial charge in [-0.05, 0) is 19.9 Å². The Hall–Kier alpha value is -0.750. The Bertz CT molecular complexity index is 436. The summed E-state index contributed by atoms with van der Waals surface area (Å²) in [5.74, 6) is -0.0900. The van der Waals surface area contributed by atoms with E-state index in [1.54, 1.807) is 6.92 Å². The molecule has 0 aliphatic rings. The van der Waals surface area contributed by atoms with Crippen molar-refractivity contribution < 1.29 is 18.0 Å². The zero-order valence-corrected chi connectivity index (χ0v) is 10.6. The molecule has 0 aliphatic carbocycles. The molecule has 94 valence electrons. The van der Waals surface area contributed by atoms with Gasteiger partial charge in [0.05, 0.1) is 15.8 Å². The summed E-state index contributed by atoms with van der Waals surface area (Å²) in [7, 11) is 0. The van der Waals surface area contributed by atoms with Crippen molar-refractivity contribution in [2.24, 2.45) is 0 Å². The molecule has 0 amide bonds. The van der Waals surface area contributed by atoms with Crippen molar-refractivity contribution in [2.75, 3.05) is 0 Å². The number of carbonyl (C=O) groups is 1. The number of nitrogens with zero attached hydrogens (tertiary/aromatic N) is 1. The van der Waals surface area contributed by atoms with Gasteiger partial charge in [-0.2, -0.15) is 13.2 Å². The molecular formula is C10H9ClF3NOS. The fraction of sp³-hybridized carbons (Fsp3) is 0.400. The Morgan fingerprint density at radius 2 is 2.12 bits per heavy atom. The number of pyridine rings is 1. The number of Topliss-reactive ketones (excluding diaryl/α,β-unsaturated/α-hetero) is 1. The molecule has 7 heteroatoms. The van der Waals surface area contributed by atoms with Crippen LogP contribution in [0.15, 0.2) is 17.3 Å². The van der Waals surface area contributed by atoms with E-state index in [0.717, 1.165) is 17.8 Å². The number of aromatic nitrogens is 1. The van der Waals surface area contributed by atoms with Gasteiger partial charge in [0.2, 0.25) is 0 Å². The summed E-state index contributed by atoms with van der Waals surface area (Å²) in [6.07, 6.45) is -3.76. The lowest BCUT2D eigenvalue weighted by Gasteiger charge is -2.10. The van der Waals surface area contributed by atoms with Crippen molar-refractivity contribution in [3.63, 3.8) is 0 Å². The van der Waals surface area contributed by atoms with Crippen molar-refractivity contribution in [2.45, 2.75) is 30.3 Å². The molecule has 1 unspecified atom stereocenters. The molecule has 0 fully saturated rings. The first-order chi connectivity index (χ1) is 7.71. The zero-order valence-electron chi connectivity index (χ0n) is 9.01. The van der Waals surface area contributed by atoms with Crippen molar-refractivity contribution >= 4 is 29.1 Å². The lowest BCUT2D eigenvalue weighted by Crippen LogP contribution is -2.09. The Morgan fingerprint density at radius 1 is 1.53 bits per heavy atom. The molecule has 1 rings (SSSR count). The summed E-state index contributed by atoms with van der Waals surface area (Å²) in [5.41, 5.74) is -0.901. The molecule has 0 N–H and O–H groups in total. The van der Waals surface area contributed by atoms with Crippen molar-refractivity contribution in [3.8, 4) is 0 Å². The van der Waals surface area contributed by atoms with E-state index in [2.05, 4.69) is 4.98 Å². The van der Waals surface area contributed by atoms with Crippen LogP contribution in [0.3, 0.4) is 0 Å². The molecule has 0 bridgehead atoms. The maximum atomic E-state index is 12.3. The molecule has 1 heterocycles. The molecule has 0 aromatic carbocycles. The van der Waals surface area contributed by atoms with Crippen LogP contribution in [-0.4, -0.2) is 16.0 Å². The van der Waals surface area contributed by atoms with Crippen LogP contribution >= 0.6 is 23.4 Å². The van der Waals surface area contributed by atoms with Crippen LogP contribution in [0.25, 0.3) is 0 Å². The predicted molar refractivity (Wildman–Crippen MR) is 60.2 cm³/mol. The monoisotopic (exact) mass is 283 g/mol. The van der Waals surface area contributed by atoms with Gasteiger partial charge in [0.1, 0.15) is 10.8 Å². The van der Waals surface area contributed by atoms with Gasteiger partial charge in [0.15, 0.2) is 0 Å². The quantitative estimate of drug-likeness (QED) is 0.790. The molecule has 0 aliphatic heterocycles. The number of alkyl halides is 3. The molecule has 1 aromatic rings. The summed E-state index contributed by atoms with van der Waals surface area (Å²) in [4.78, 5) is 14.6. The molecular weight excluding hydrogens is 275 g/mol. The van der Waals surface area contributed by atoms with Crippen LogP contribution in [0.1, 0.15) is 19.4 Å². The number of hydrogen-bond donors (Lipinski definition) is 0. The fourth-order valence-corrected chi connectivity index (χ4v) is 2.00. The number of ketones is 1. The molecule has 0 saturated heterocycles.